The summed E-state index contributed by atoms with van der Waals surface area (Å²) in [7, 11) is 1.80. The van der Waals surface area contributed by atoms with Crippen LogP contribution in [0.5, 0.6) is 0 Å². The van der Waals surface area contributed by atoms with Crippen molar-refractivity contribution in [1.82, 2.24) is 24.5 Å². The molecule has 0 spiro atoms. The average Bonchev–Trinajstić information content (AvgIpc) is 3.34. The molecule has 4 rings (SSSR count). The number of hydrogen-bond donors (Lipinski definition) is 1. The summed E-state index contributed by atoms with van der Waals surface area (Å²) in [6, 6.07) is 3.79. The third-order valence-corrected chi connectivity index (χ3v) is 4.80. The lowest BCUT2D eigenvalue weighted by atomic mass is 10.2. The largest absolute Gasteiger partial charge is 0.371 e. The number of carbonyl (C=O) groups is 1. The molecule has 1 saturated heterocycles. The van der Waals surface area contributed by atoms with E-state index in [1.807, 2.05) is 29.1 Å². The highest BCUT2D eigenvalue weighted by Crippen LogP contribution is 2.32. The van der Waals surface area contributed by atoms with Crippen molar-refractivity contribution in [3.63, 3.8) is 0 Å². The molecule has 1 aliphatic rings. The molecule has 4 heterocycles. The number of carbonyl (C=O) groups excluding carboxylic acids is 1. The fourth-order valence-corrected chi connectivity index (χ4v) is 3.55. The summed E-state index contributed by atoms with van der Waals surface area (Å²) in [5.74, 6) is 0.434. The van der Waals surface area contributed by atoms with E-state index in [0.717, 1.165) is 24.5 Å². The quantitative estimate of drug-likeness (QED) is 0.784. The van der Waals surface area contributed by atoms with Crippen LogP contribution in [-0.4, -0.2) is 37.1 Å². The summed E-state index contributed by atoms with van der Waals surface area (Å²) in [4.78, 5) is 12.6. The molecule has 3 aromatic rings. The van der Waals surface area contributed by atoms with E-state index in [4.69, 9.17) is 4.74 Å². The van der Waals surface area contributed by atoms with Crippen molar-refractivity contribution < 1.29 is 9.53 Å². The molecule has 124 valence electrons. The first-order chi connectivity index (χ1) is 11.7. The van der Waals surface area contributed by atoms with Gasteiger partial charge in [0.2, 0.25) is 5.13 Å². The predicted molar refractivity (Wildman–Crippen MR) is 88.3 cm³/mol. The number of nitrogens with one attached hydrogen (secondary N) is 1. The van der Waals surface area contributed by atoms with Gasteiger partial charge in [-0.05, 0) is 25.0 Å². The van der Waals surface area contributed by atoms with Crippen LogP contribution in [0.1, 0.15) is 34.3 Å². The zero-order valence-electron chi connectivity index (χ0n) is 13.0. The van der Waals surface area contributed by atoms with Gasteiger partial charge in [-0.1, -0.05) is 11.3 Å². The van der Waals surface area contributed by atoms with Gasteiger partial charge in [-0.15, -0.1) is 10.2 Å². The van der Waals surface area contributed by atoms with Crippen LogP contribution in [0, 0.1) is 0 Å². The SMILES string of the molecule is Cn1ncc(C(=O)Nc2nnc([C@H]3CCCO3)s2)c1-n1cccc1. The summed E-state index contributed by atoms with van der Waals surface area (Å²) in [6.45, 7) is 0.752. The Morgan fingerprint density at radius 3 is 2.96 bits per heavy atom. The minimum absolute atomic E-state index is 0.00183. The van der Waals surface area contributed by atoms with Gasteiger partial charge in [-0.25, -0.2) is 0 Å². The molecule has 3 aromatic heterocycles. The Labute approximate surface area is 142 Å². The second-order valence-corrected chi connectivity index (χ2v) is 6.51. The molecule has 0 saturated carbocycles. The number of rotatable bonds is 4. The topological polar surface area (TPSA) is 86.9 Å². The molecule has 0 bridgehead atoms. The number of aromatic nitrogens is 5. The van der Waals surface area contributed by atoms with Crippen LogP contribution in [-0.2, 0) is 11.8 Å². The van der Waals surface area contributed by atoms with Gasteiger partial charge in [0.25, 0.3) is 5.91 Å². The van der Waals surface area contributed by atoms with Gasteiger partial charge in [-0.2, -0.15) is 5.10 Å². The van der Waals surface area contributed by atoms with E-state index in [9.17, 15) is 4.79 Å². The Bertz CT molecular complexity index is 847. The number of anilines is 1. The van der Waals surface area contributed by atoms with Gasteiger partial charge in [-0.3, -0.25) is 14.8 Å². The Kier molecular flexibility index (Phi) is 3.87. The van der Waals surface area contributed by atoms with Gasteiger partial charge in [0, 0.05) is 26.0 Å². The summed E-state index contributed by atoms with van der Waals surface area (Å²) in [5, 5.41) is 16.4. The van der Waals surface area contributed by atoms with Gasteiger partial charge in [0.15, 0.2) is 0 Å². The Hall–Kier alpha value is -2.52. The van der Waals surface area contributed by atoms with Crippen molar-refractivity contribution in [2.24, 2.45) is 7.05 Å². The Balaban J connectivity index is 1.55. The number of aryl methyl sites for hydroxylation is 1. The highest BCUT2D eigenvalue weighted by atomic mass is 32.1. The van der Waals surface area contributed by atoms with Crippen molar-refractivity contribution in [1.29, 1.82) is 0 Å². The second kappa shape index (κ2) is 6.17. The van der Waals surface area contributed by atoms with Crippen molar-refractivity contribution in [2.45, 2.75) is 18.9 Å². The molecule has 1 aliphatic heterocycles. The molecule has 1 N–H and O–H groups in total. The van der Waals surface area contributed by atoms with E-state index in [-0.39, 0.29) is 12.0 Å². The molecule has 9 heteroatoms. The minimum atomic E-state index is -0.262. The van der Waals surface area contributed by atoms with Crippen LogP contribution < -0.4 is 5.32 Å². The molecule has 1 atom stereocenters. The number of nitrogens with zero attached hydrogens (tertiary/aromatic N) is 5. The zero-order chi connectivity index (χ0) is 16.5. The van der Waals surface area contributed by atoms with Crippen LogP contribution in [0.2, 0.25) is 0 Å². The first-order valence-corrected chi connectivity index (χ1v) is 8.46. The maximum atomic E-state index is 12.6. The van der Waals surface area contributed by atoms with Crippen LogP contribution in [0.15, 0.2) is 30.7 Å². The predicted octanol–water partition coefficient (Wildman–Crippen LogP) is 2.17. The molecular formula is C15H16N6O2S. The molecule has 0 unspecified atom stereocenters. The van der Waals surface area contributed by atoms with Crippen LogP contribution in [0.4, 0.5) is 5.13 Å². The summed E-state index contributed by atoms with van der Waals surface area (Å²) >= 11 is 1.35. The highest BCUT2D eigenvalue weighted by molar-refractivity contribution is 7.15. The lowest BCUT2D eigenvalue weighted by Crippen LogP contribution is -2.14. The smallest absolute Gasteiger partial charge is 0.262 e. The first-order valence-electron chi connectivity index (χ1n) is 7.64. The number of amides is 1. The number of hydrogen-bond acceptors (Lipinski definition) is 6. The van der Waals surface area contributed by atoms with Crippen molar-refractivity contribution >= 4 is 22.4 Å². The van der Waals surface area contributed by atoms with Crippen LogP contribution in [0.3, 0.4) is 0 Å². The van der Waals surface area contributed by atoms with E-state index in [1.165, 1.54) is 11.3 Å². The fourth-order valence-electron chi connectivity index (χ4n) is 2.73. The molecule has 8 nitrogen and oxygen atoms in total. The Morgan fingerprint density at radius 1 is 1.38 bits per heavy atom. The monoisotopic (exact) mass is 344 g/mol. The standard InChI is InChI=1S/C15H16N6O2S/c1-20-14(21-6-2-3-7-21)10(9-16-20)12(22)17-15-19-18-13(24-15)11-5-4-8-23-11/h2-3,6-7,9,11H,4-5,8H2,1H3,(H,17,19,22)/t11-/m1/s1. The molecule has 0 radical (unpaired) electrons. The van der Waals surface area contributed by atoms with Gasteiger partial charge >= 0.3 is 0 Å². The van der Waals surface area contributed by atoms with Crippen molar-refractivity contribution in [2.75, 3.05) is 11.9 Å². The molecule has 0 aromatic carbocycles. The Morgan fingerprint density at radius 2 is 2.21 bits per heavy atom. The van der Waals surface area contributed by atoms with Gasteiger partial charge in [0.05, 0.1) is 6.20 Å². The van der Waals surface area contributed by atoms with Gasteiger partial charge in [0.1, 0.15) is 22.5 Å². The molecule has 1 amide bonds. The van der Waals surface area contributed by atoms with Crippen molar-refractivity contribution in [3.8, 4) is 5.82 Å². The van der Waals surface area contributed by atoms with Crippen LogP contribution in [0.25, 0.3) is 5.82 Å². The maximum absolute atomic E-state index is 12.6. The lowest BCUT2D eigenvalue weighted by Gasteiger charge is -2.06. The van der Waals surface area contributed by atoms with E-state index in [2.05, 4.69) is 20.6 Å². The highest BCUT2D eigenvalue weighted by Gasteiger charge is 2.23. The van der Waals surface area contributed by atoms with E-state index < -0.39 is 0 Å². The third-order valence-electron chi connectivity index (χ3n) is 3.87. The zero-order valence-corrected chi connectivity index (χ0v) is 13.9. The van der Waals surface area contributed by atoms with Crippen molar-refractivity contribution in [3.05, 3.63) is 41.3 Å². The molecule has 0 aliphatic carbocycles. The maximum Gasteiger partial charge on any atom is 0.262 e. The average molecular weight is 344 g/mol. The first kappa shape index (κ1) is 15.0. The van der Waals surface area contributed by atoms with E-state index in [1.54, 1.807) is 17.9 Å². The summed E-state index contributed by atoms with van der Waals surface area (Å²) in [6.07, 6.45) is 7.27. The molecular weight excluding hydrogens is 328 g/mol. The van der Waals surface area contributed by atoms with E-state index in [0.29, 0.717) is 16.5 Å². The van der Waals surface area contributed by atoms with Gasteiger partial charge < -0.3 is 9.30 Å². The molecule has 24 heavy (non-hydrogen) atoms. The summed E-state index contributed by atoms with van der Waals surface area (Å²) in [5.41, 5.74) is 0.475. The summed E-state index contributed by atoms with van der Waals surface area (Å²) < 4.78 is 9.10. The lowest BCUT2D eigenvalue weighted by molar-refractivity contribution is 0.102. The minimum Gasteiger partial charge on any atom is -0.371 e. The second-order valence-electron chi connectivity index (χ2n) is 5.50. The third kappa shape index (κ3) is 2.72. The molecule has 1 fully saturated rings. The fraction of sp³-hybridized carbons (Fsp3) is 0.333. The number of ether oxygens (including phenoxy) is 1. The van der Waals surface area contributed by atoms with E-state index >= 15 is 0 Å². The normalized spacial score (nSPS) is 17.3. The van der Waals surface area contributed by atoms with Crippen LogP contribution >= 0.6 is 11.3 Å².